The number of hydrogen-bond donors (Lipinski definition) is 0. The summed E-state index contributed by atoms with van der Waals surface area (Å²) in [7, 11) is 0. The van der Waals surface area contributed by atoms with Gasteiger partial charge in [0, 0.05) is 10.6 Å². The summed E-state index contributed by atoms with van der Waals surface area (Å²) in [5, 5.41) is 0.300. The molecule has 2 aromatic rings. The lowest BCUT2D eigenvalue weighted by Crippen LogP contribution is -1.95. The Bertz CT molecular complexity index is 629. The van der Waals surface area contributed by atoms with E-state index >= 15 is 0 Å². The van der Waals surface area contributed by atoms with Crippen LogP contribution in [0.4, 0.5) is 8.78 Å². The Morgan fingerprint density at radius 3 is 2.56 bits per heavy atom. The largest absolute Gasteiger partial charge is 0.298 e. The normalized spacial score (nSPS) is 10.4. The van der Waals surface area contributed by atoms with Crippen molar-refractivity contribution in [2.45, 2.75) is 0 Å². The second-order valence-corrected chi connectivity index (χ2v) is 4.86. The molecule has 1 nitrogen and oxygen atoms in total. The van der Waals surface area contributed by atoms with E-state index in [9.17, 15) is 13.6 Å². The Morgan fingerprint density at radius 2 is 1.89 bits per heavy atom. The molecule has 0 aromatic heterocycles. The topological polar surface area (TPSA) is 17.1 Å². The first kappa shape index (κ1) is 13.2. The van der Waals surface area contributed by atoms with Crippen molar-refractivity contribution in [2.75, 3.05) is 0 Å². The Morgan fingerprint density at radius 1 is 1.17 bits per heavy atom. The average Bonchev–Trinajstić information content (AvgIpc) is 2.35. The van der Waals surface area contributed by atoms with Gasteiger partial charge >= 0.3 is 0 Å². The quantitative estimate of drug-likeness (QED) is 0.567. The molecule has 2 aromatic carbocycles. The Kier molecular flexibility index (Phi) is 3.78. The van der Waals surface area contributed by atoms with E-state index in [2.05, 4.69) is 15.9 Å². The van der Waals surface area contributed by atoms with Crippen LogP contribution in [0.1, 0.15) is 10.4 Å². The first-order chi connectivity index (χ1) is 8.54. The summed E-state index contributed by atoms with van der Waals surface area (Å²) >= 11 is 8.78. The summed E-state index contributed by atoms with van der Waals surface area (Å²) in [5.41, 5.74) is 0.0399. The van der Waals surface area contributed by atoms with Gasteiger partial charge in [-0.05, 0) is 51.8 Å². The van der Waals surface area contributed by atoms with Crippen LogP contribution in [0, 0.1) is 11.6 Å². The van der Waals surface area contributed by atoms with Gasteiger partial charge in [-0.3, -0.25) is 4.79 Å². The van der Waals surface area contributed by atoms with Crippen molar-refractivity contribution in [3.8, 4) is 11.1 Å². The summed E-state index contributed by atoms with van der Waals surface area (Å²) < 4.78 is 27.8. The summed E-state index contributed by atoms with van der Waals surface area (Å²) in [5.74, 6) is -1.51. The SMILES string of the molecule is O=Cc1ccc(Cl)cc1-c1c(F)ccc(Br)c1F. The molecular formula is C13H6BrClF2O. The number of carbonyl (C=O) groups is 1. The number of benzene rings is 2. The lowest BCUT2D eigenvalue weighted by Gasteiger charge is -2.09. The van der Waals surface area contributed by atoms with Gasteiger partial charge in [0.15, 0.2) is 6.29 Å². The van der Waals surface area contributed by atoms with Crippen LogP contribution in [-0.2, 0) is 0 Å². The molecule has 0 aliphatic carbocycles. The van der Waals surface area contributed by atoms with E-state index in [1.807, 2.05) is 0 Å². The number of aldehydes is 1. The Hall–Kier alpha value is -1.26. The second-order valence-electron chi connectivity index (χ2n) is 3.57. The molecule has 0 aliphatic heterocycles. The highest BCUT2D eigenvalue weighted by Crippen LogP contribution is 2.33. The highest BCUT2D eigenvalue weighted by Gasteiger charge is 2.17. The van der Waals surface area contributed by atoms with Crippen LogP contribution < -0.4 is 0 Å². The zero-order valence-corrected chi connectivity index (χ0v) is 11.2. The first-order valence-corrected chi connectivity index (χ1v) is 6.10. The smallest absolute Gasteiger partial charge is 0.150 e. The van der Waals surface area contributed by atoms with Crippen LogP contribution in [0.2, 0.25) is 5.02 Å². The molecule has 0 spiro atoms. The maximum Gasteiger partial charge on any atom is 0.150 e. The van der Waals surface area contributed by atoms with Gasteiger partial charge in [-0.25, -0.2) is 8.78 Å². The summed E-state index contributed by atoms with van der Waals surface area (Å²) in [6.45, 7) is 0. The molecule has 0 saturated heterocycles. The van der Waals surface area contributed by atoms with Gasteiger partial charge in [0.25, 0.3) is 0 Å². The minimum Gasteiger partial charge on any atom is -0.298 e. The lowest BCUT2D eigenvalue weighted by molar-refractivity contribution is 0.112. The fourth-order valence-corrected chi connectivity index (χ4v) is 2.12. The summed E-state index contributed by atoms with van der Waals surface area (Å²) in [4.78, 5) is 10.9. The van der Waals surface area contributed by atoms with Gasteiger partial charge in [-0.15, -0.1) is 0 Å². The van der Waals surface area contributed by atoms with Crippen molar-refractivity contribution >= 4 is 33.8 Å². The zero-order valence-electron chi connectivity index (χ0n) is 8.88. The minimum absolute atomic E-state index is 0.121. The molecule has 0 radical (unpaired) electrons. The number of halogens is 4. The molecule has 0 heterocycles. The number of hydrogen-bond acceptors (Lipinski definition) is 1. The Labute approximate surface area is 116 Å². The van der Waals surface area contributed by atoms with Crippen LogP contribution in [0.3, 0.4) is 0 Å². The van der Waals surface area contributed by atoms with E-state index < -0.39 is 11.6 Å². The first-order valence-electron chi connectivity index (χ1n) is 4.93. The van der Waals surface area contributed by atoms with Crippen LogP contribution in [0.15, 0.2) is 34.8 Å². The van der Waals surface area contributed by atoms with E-state index in [4.69, 9.17) is 11.6 Å². The summed E-state index contributed by atoms with van der Waals surface area (Å²) in [6.07, 6.45) is 0.533. The lowest BCUT2D eigenvalue weighted by atomic mass is 9.99. The van der Waals surface area contributed by atoms with Gasteiger partial charge in [0.05, 0.1) is 10.0 Å². The molecule has 92 valence electrons. The molecule has 0 saturated carbocycles. The van der Waals surface area contributed by atoms with Gasteiger partial charge < -0.3 is 0 Å². The highest BCUT2D eigenvalue weighted by atomic mass is 79.9. The monoisotopic (exact) mass is 330 g/mol. The van der Waals surface area contributed by atoms with Crippen LogP contribution in [0.25, 0.3) is 11.1 Å². The van der Waals surface area contributed by atoms with E-state index in [0.717, 1.165) is 6.07 Å². The predicted molar refractivity (Wildman–Crippen MR) is 69.9 cm³/mol. The molecular weight excluding hydrogens is 325 g/mol. The van der Waals surface area contributed by atoms with Gasteiger partial charge in [0.2, 0.25) is 0 Å². The maximum atomic E-state index is 14.0. The third-order valence-corrected chi connectivity index (χ3v) is 3.30. The minimum atomic E-state index is -0.764. The predicted octanol–water partition coefficient (Wildman–Crippen LogP) is 4.86. The molecule has 0 atom stereocenters. The van der Waals surface area contributed by atoms with Crippen LogP contribution in [-0.4, -0.2) is 6.29 Å². The van der Waals surface area contributed by atoms with Crippen molar-refractivity contribution in [3.05, 3.63) is 57.0 Å². The third kappa shape index (κ3) is 2.31. The van der Waals surface area contributed by atoms with Crippen molar-refractivity contribution < 1.29 is 13.6 Å². The third-order valence-electron chi connectivity index (χ3n) is 2.46. The van der Waals surface area contributed by atoms with Gasteiger partial charge in [-0.1, -0.05) is 11.6 Å². The molecule has 0 fully saturated rings. The second kappa shape index (κ2) is 5.16. The van der Waals surface area contributed by atoms with Crippen molar-refractivity contribution in [1.29, 1.82) is 0 Å². The molecule has 0 N–H and O–H groups in total. The van der Waals surface area contributed by atoms with E-state index in [-0.39, 0.29) is 21.2 Å². The Balaban J connectivity index is 2.80. The van der Waals surface area contributed by atoms with E-state index in [1.54, 1.807) is 0 Å². The zero-order chi connectivity index (χ0) is 13.3. The van der Waals surface area contributed by atoms with E-state index in [1.165, 1.54) is 24.3 Å². The molecule has 2 rings (SSSR count). The van der Waals surface area contributed by atoms with Crippen LogP contribution in [0.5, 0.6) is 0 Å². The fraction of sp³-hybridized carbons (Fsp3) is 0. The van der Waals surface area contributed by atoms with Crippen LogP contribution >= 0.6 is 27.5 Å². The van der Waals surface area contributed by atoms with Crippen molar-refractivity contribution in [3.63, 3.8) is 0 Å². The number of rotatable bonds is 2. The molecule has 0 aliphatic rings. The molecule has 0 bridgehead atoms. The van der Waals surface area contributed by atoms with Crippen molar-refractivity contribution in [2.24, 2.45) is 0 Å². The summed E-state index contributed by atoms with van der Waals surface area (Å²) in [6, 6.07) is 6.66. The highest BCUT2D eigenvalue weighted by molar-refractivity contribution is 9.10. The molecule has 0 unspecified atom stereocenters. The van der Waals surface area contributed by atoms with Gasteiger partial charge in [0.1, 0.15) is 11.6 Å². The number of carbonyl (C=O) groups excluding carboxylic acids is 1. The molecule has 0 amide bonds. The standard InChI is InChI=1S/C13H6BrClF2O/c14-10-3-4-11(16)12(13(10)17)9-5-8(15)2-1-7(9)6-18/h1-6H. The van der Waals surface area contributed by atoms with Crippen molar-refractivity contribution in [1.82, 2.24) is 0 Å². The molecule has 18 heavy (non-hydrogen) atoms. The van der Waals surface area contributed by atoms with Gasteiger partial charge in [-0.2, -0.15) is 0 Å². The maximum absolute atomic E-state index is 14.0. The van der Waals surface area contributed by atoms with E-state index in [0.29, 0.717) is 11.3 Å². The molecule has 5 heteroatoms. The fourth-order valence-electron chi connectivity index (χ4n) is 1.62. The average molecular weight is 332 g/mol.